The summed E-state index contributed by atoms with van der Waals surface area (Å²) in [5.74, 6) is 0.641. The largest absolute Gasteiger partial charge is 0.483 e. The molecule has 1 aliphatic heterocycles. The number of nitrogen functional groups attached to an aromatic ring is 1. The number of aliphatic hydroxyl groups excluding tert-OH is 1. The van der Waals surface area contributed by atoms with E-state index in [-0.39, 0.29) is 12.2 Å². The monoisotopic (exact) mass is 298 g/mol. The maximum absolute atomic E-state index is 12.3. The Morgan fingerprint density at radius 3 is 2.73 bits per heavy atom. The number of anilines is 1. The molecule has 2 heterocycles. The van der Waals surface area contributed by atoms with Crippen molar-refractivity contribution in [2.45, 2.75) is 19.4 Å². The molecule has 1 aliphatic rings. The maximum atomic E-state index is 12.3. The first-order chi connectivity index (χ1) is 10.4. The molecule has 1 aromatic heterocycles. The number of fused-ring (bicyclic) bond motifs is 1. The second kappa shape index (κ2) is 5.03. The number of rotatable bonds is 2. The third-order valence-electron chi connectivity index (χ3n) is 3.86. The standard InChI is InChI=1S/C17H18N2O3/c1-17(2)13(10-20)16(19-8-4-3-5-15(19)21)12-9-11(18)6-7-14(12)22-17/h3-9,20H,10,18H2,1-2H3. The van der Waals surface area contributed by atoms with Gasteiger partial charge in [0.15, 0.2) is 0 Å². The average molecular weight is 298 g/mol. The van der Waals surface area contributed by atoms with E-state index in [1.54, 1.807) is 36.5 Å². The lowest BCUT2D eigenvalue weighted by molar-refractivity contribution is 0.126. The highest BCUT2D eigenvalue weighted by Crippen LogP contribution is 2.41. The van der Waals surface area contributed by atoms with Gasteiger partial charge >= 0.3 is 0 Å². The Morgan fingerprint density at radius 2 is 2.05 bits per heavy atom. The number of hydrogen-bond donors (Lipinski definition) is 2. The molecule has 0 bridgehead atoms. The lowest BCUT2D eigenvalue weighted by Crippen LogP contribution is -2.38. The van der Waals surface area contributed by atoms with Crippen LogP contribution >= 0.6 is 0 Å². The Balaban J connectivity index is 2.40. The predicted molar refractivity (Wildman–Crippen MR) is 85.7 cm³/mol. The summed E-state index contributed by atoms with van der Waals surface area (Å²) in [4.78, 5) is 12.3. The quantitative estimate of drug-likeness (QED) is 0.830. The van der Waals surface area contributed by atoms with Crippen molar-refractivity contribution in [3.8, 4) is 5.75 Å². The van der Waals surface area contributed by atoms with Crippen LogP contribution in [-0.2, 0) is 0 Å². The normalized spacial score (nSPS) is 16.1. The van der Waals surface area contributed by atoms with Crippen LogP contribution < -0.4 is 16.0 Å². The van der Waals surface area contributed by atoms with Crippen LogP contribution in [0.25, 0.3) is 5.70 Å². The SMILES string of the molecule is CC1(C)Oc2ccc(N)cc2C(n2ccccc2=O)=C1CO. The van der Waals surface area contributed by atoms with Gasteiger partial charge in [-0.25, -0.2) is 0 Å². The smallest absolute Gasteiger partial charge is 0.255 e. The van der Waals surface area contributed by atoms with Crippen LogP contribution in [0.4, 0.5) is 5.69 Å². The highest BCUT2D eigenvalue weighted by molar-refractivity contribution is 5.78. The minimum Gasteiger partial charge on any atom is -0.483 e. The second-order valence-corrected chi connectivity index (χ2v) is 5.76. The van der Waals surface area contributed by atoms with Crippen molar-refractivity contribution in [2.24, 2.45) is 0 Å². The van der Waals surface area contributed by atoms with Crippen molar-refractivity contribution >= 4 is 11.4 Å². The third kappa shape index (κ3) is 2.19. The molecule has 0 saturated heterocycles. The molecular weight excluding hydrogens is 280 g/mol. The third-order valence-corrected chi connectivity index (χ3v) is 3.86. The first kappa shape index (κ1) is 14.4. The Kier molecular flexibility index (Phi) is 3.30. The number of pyridine rings is 1. The summed E-state index contributed by atoms with van der Waals surface area (Å²) in [6.07, 6.45) is 1.68. The van der Waals surface area contributed by atoms with Gasteiger partial charge in [0, 0.05) is 29.1 Å². The van der Waals surface area contributed by atoms with E-state index in [2.05, 4.69) is 0 Å². The molecule has 0 aliphatic carbocycles. The first-order valence-electron chi connectivity index (χ1n) is 7.05. The van der Waals surface area contributed by atoms with E-state index < -0.39 is 5.60 Å². The van der Waals surface area contributed by atoms with Crippen LogP contribution in [0.15, 0.2) is 53.0 Å². The van der Waals surface area contributed by atoms with Gasteiger partial charge in [0.05, 0.1) is 12.3 Å². The fourth-order valence-electron chi connectivity index (χ4n) is 2.76. The van der Waals surface area contributed by atoms with Gasteiger partial charge in [-0.05, 0) is 38.1 Å². The van der Waals surface area contributed by atoms with E-state index in [1.165, 1.54) is 10.6 Å². The number of ether oxygens (including phenoxy) is 1. The van der Waals surface area contributed by atoms with Crippen LogP contribution in [0, 0.1) is 0 Å². The Hall–Kier alpha value is -2.53. The Labute approximate surface area is 128 Å². The molecule has 2 aromatic rings. The van der Waals surface area contributed by atoms with Crippen LogP contribution in [0.5, 0.6) is 5.75 Å². The fourth-order valence-corrected chi connectivity index (χ4v) is 2.76. The number of aliphatic hydroxyl groups is 1. The zero-order chi connectivity index (χ0) is 15.9. The summed E-state index contributed by atoms with van der Waals surface area (Å²) >= 11 is 0. The highest BCUT2D eigenvalue weighted by Gasteiger charge is 2.35. The minimum atomic E-state index is -0.720. The van der Waals surface area contributed by atoms with Crippen molar-refractivity contribution in [3.63, 3.8) is 0 Å². The Bertz CT molecular complexity index is 819. The molecule has 0 amide bonds. The molecule has 5 heteroatoms. The molecule has 0 atom stereocenters. The van der Waals surface area contributed by atoms with E-state index >= 15 is 0 Å². The number of benzene rings is 1. The van der Waals surface area contributed by atoms with Crippen LogP contribution in [0.1, 0.15) is 19.4 Å². The molecule has 114 valence electrons. The Morgan fingerprint density at radius 1 is 1.27 bits per heavy atom. The van der Waals surface area contributed by atoms with Gasteiger partial charge in [-0.3, -0.25) is 9.36 Å². The van der Waals surface area contributed by atoms with Gasteiger partial charge in [0.2, 0.25) is 0 Å². The van der Waals surface area contributed by atoms with Crippen LogP contribution in [0.2, 0.25) is 0 Å². The summed E-state index contributed by atoms with van der Waals surface area (Å²) in [6.45, 7) is 3.52. The number of nitrogens with zero attached hydrogens (tertiary/aromatic N) is 1. The summed E-state index contributed by atoms with van der Waals surface area (Å²) in [7, 11) is 0. The van der Waals surface area contributed by atoms with Crippen molar-refractivity contribution < 1.29 is 9.84 Å². The van der Waals surface area contributed by atoms with E-state index in [0.717, 1.165) is 0 Å². The molecule has 3 N–H and O–H groups in total. The summed E-state index contributed by atoms with van der Waals surface area (Å²) in [5.41, 5.74) is 7.54. The minimum absolute atomic E-state index is 0.172. The van der Waals surface area contributed by atoms with E-state index in [0.29, 0.717) is 28.3 Å². The van der Waals surface area contributed by atoms with Gasteiger partial charge < -0.3 is 15.6 Å². The molecule has 0 spiro atoms. The molecular formula is C17H18N2O3. The van der Waals surface area contributed by atoms with E-state index in [9.17, 15) is 9.90 Å². The zero-order valence-corrected chi connectivity index (χ0v) is 12.5. The van der Waals surface area contributed by atoms with Crippen molar-refractivity contribution in [2.75, 3.05) is 12.3 Å². The average Bonchev–Trinajstić information content (AvgIpc) is 2.47. The number of nitrogens with two attached hydrogens (primary N) is 1. The summed E-state index contributed by atoms with van der Waals surface area (Å²) < 4.78 is 7.50. The predicted octanol–water partition coefficient (Wildman–Crippen LogP) is 1.85. The fraction of sp³-hybridized carbons (Fsp3) is 0.235. The first-order valence-corrected chi connectivity index (χ1v) is 7.05. The molecule has 3 rings (SSSR count). The van der Waals surface area contributed by atoms with Crippen molar-refractivity contribution in [3.05, 3.63) is 64.1 Å². The van der Waals surface area contributed by atoms with Gasteiger partial charge in [0.25, 0.3) is 5.56 Å². The van der Waals surface area contributed by atoms with Gasteiger partial charge in [-0.2, -0.15) is 0 Å². The maximum Gasteiger partial charge on any atom is 0.255 e. The van der Waals surface area contributed by atoms with Crippen molar-refractivity contribution in [1.29, 1.82) is 0 Å². The molecule has 5 nitrogen and oxygen atoms in total. The molecule has 0 fully saturated rings. The lowest BCUT2D eigenvalue weighted by atomic mass is 9.89. The molecule has 0 saturated carbocycles. The van der Waals surface area contributed by atoms with E-state index in [1.807, 2.05) is 13.8 Å². The summed E-state index contributed by atoms with van der Waals surface area (Å²) in [6, 6.07) is 10.2. The topological polar surface area (TPSA) is 77.5 Å². The van der Waals surface area contributed by atoms with E-state index in [4.69, 9.17) is 10.5 Å². The van der Waals surface area contributed by atoms with Gasteiger partial charge in [-0.1, -0.05) is 6.07 Å². The molecule has 0 radical (unpaired) electrons. The highest BCUT2D eigenvalue weighted by atomic mass is 16.5. The van der Waals surface area contributed by atoms with Crippen molar-refractivity contribution in [1.82, 2.24) is 4.57 Å². The second-order valence-electron chi connectivity index (χ2n) is 5.76. The number of hydrogen-bond acceptors (Lipinski definition) is 4. The molecule has 22 heavy (non-hydrogen) atoms. The van der Waals surface area contributed by atoms with Crippen LogP contribution in [-0.4, -0.2) is 21.9 Å². The zero-order valence-electron chi connectivity index (χ0n) is 12.5. The summed E-state index contributed by atoms with van der Waals surface area (Å²) in [5, 5.41) is 9.86. The molecule has 1 aromatic carbocycles. The van der Waals surface area contributed by atoms with Gasteiger partial charge in [-0.15, -0.1) is 0 Å². The number of aromatic nitrogens is 1. The van der Waals surface area contributed by atoms with Gasteiger partial charge in [0.1, 0.15) is 11.4 Å². The molecule has 0 unspecified atom stereocenters. The lowest BCUT2D eigenvalue weighted by Gasteiger charge is -2.36. The van der Waals surface area contributed by atoms with Crippen LogP contribution in [0.3, 0.4) is 0 Å².